The topological polar surface area (TPSA) is 210 Å². The molecule has 0 atom stereocenters. The normalized spacial score (nSPS) is 14.3. The average molecular weight is 1490 g/mol. The van der Waals surface area contributed by atoms with Crippen LogP contribution in [0.25, 0.3) is 0 Å². The van der Waals surface area contributed by atoms with E-state index in [0.29, 0.717) is 0 Å². The zero-order valence-corrected chi connectivity index (χ0v) is 48.3. The van der Waals surface area contributed by atoms with Crippen molar-refractivity contribution in [1.82, 2.24) is 0 Å². The first-order valence-corrected chi connectivity index (χ1v) is 50.6. The molecule has 1 fully saturated rings. The van der Waals surface area contributed by atoms with Gasteiger partial charge in [-0.3, -0.25) is 0 Å². The van der Waals surface area contributed by atoms with Crippen LogP contribution in [0.1, 0.15) is 0 Å². The first-order chi connectivity index (χ1) is 23.7. The summed E-state index contributed by atoms with van der Waals surface area (Å²) in [6, 6.07) is 0. The number of cyclic esters (lactones) is 8. The minimum absolute atomic E-state index is 0.618. The van der Waals surface area contributed by atoms with Gasteiger partial charge in [0.2, 0.25) is 0 Å². The van der Waals surface area contributed by atoms with E-state index in [4.69, 9.17) is 104 Å². The molecule has 1 heterocycles. The Kier molecular flexibility index (Phi) is 76.4. The molecular formula is C16H16Cl12O16Sn2Zr4. The molecule has 50 heavy (non-hydrogen) atoms. The standard InChI is InChI=1S/C16H16O16.12ClH.2Sn.4Zr/c17-9-10(18)27-3-4-29-13(21)14(22)31-7-8-32-16(24)15(23)30-6-5-28-12(20)11(19)26-2-1-25-9;;;;;;;;;;;;;;;;;;/h1-8H2;12*1H;;;;;;/q;;;;;;;;;;;;;6*+2/p-12. The van der Waals surface area contributed by atoms with Crippen LogP contribution in [0.3, 0.4) is 0 Å². The number of halogens is 12. The number of ether oxygens (including phenoxy) is 8. The molecule has 16 nitrogen and oxygen atoms in total. The molecule has 1 aliphatic rings. The molecule has 4 radical (unpaired) electrons. The van der Waals surface area contributed by atoms with Gasteiger partial charge in [-0.2, -0.15) is 0 Å². The van der Waals surface area contributed by atoms with Crippen LogP contribution in [-0.2, 0) is 160 Å². The van der Waals surface area contributed by atoms with E-state index in [-0.39, 0.29) is 0 Å². The van der Waals surface area contributed by atoms with Crippen molar-refractivity contribution in [1.29, 1.82) is 0 Å². The molecule has 34 heteroatoms. The van der Waals surface area contributed by atoms with Gasteiger partial charge in [0.05, 0.1) is 0 Å². The molecule has 0 aromatic carbocycles. The fourth-order valence-electron chi connectivity index (χ4n) is 1.55. The van der Waals surface area contributed by atoms with E-state index in [1.54, 1.807) is 0 Å². The van der Waals surface area contributed by atoms with Gasteiger partial charge >= 0.3 is 273 Å². The molecule has 1 saturated heterocycles. The van der Waals surface area contributed by atoms with Crippen LogP contribution >= 0.6 is 104 Å². The Labute approximate surface area is 394 Å². The average Bonchev–Trinajstić information content (AvgIpc) is 3.06. The van der Waals surface area contributed by atoms with Crippen molar-refractivity contribution < 1.29 is 160 Å². The summed E-state index contributed by atoms with van der Waals surface area (Å²) in [5.41, 5.74) is 0. The monoisotopic (exact) mass is 1480 g/mol. The van der Waals surface area contributed by atoms with Crippen molar-refractivity contribution in [3.05, 3.63) is 0 Å². The maximum atomic E-state index is 11.3. The molecule has 0 aliphatic carbocycles. The number of hydrogen-bond acceptors (Lipinski definition) is 16. The molecule has 0 aromatic rings. The summed E-state index contributed by atoms with van der Waals surface area (Å²) >= 11 is -4.95. The molecule has 0 spiro atoms. The Morgan fingerprint density at radius 3 is 0.420 bits per heavy atom. The quantitative estimate of drug-likeness (QED) is 0.146. The van der Waals surface area contributed by atoms with Gasteiger partial charge in [-0.1, -0.05) is 0 Å². The van der Waals surface area contributed by atoms with Crippen molar-refractivity contribution >= 4 is 189 Å². The van der Waals surface area contributed by atoms with E-state index in [1.807, 2.05) is 0 Å². The van der Waals surface area contributed by atoms with Crippen LogP contribution in [0.4, 0.5) is 0 Å². The summed E-state index contributed by atoms with van der Waals surface area (Å²) in [5.74, 6) is -11.8. The van der Waals surface area contributed by atoms with Gasteiger partial charge in [-0.25, -0.2) is 38.4 Å². The van der Waals surface area contributed by atoms with Gasteiger partial charge in [-0.05, 0) is 0 Å². The van der Waals surface area contributed by atoms with E-state index in [9.17, 15) is 38.4 Å². The van der Waals surface area contributed by atoms with Crippen LogP contribution < -0.4 is 0 Å². The molecule has 0 aromatic heterocycles. The second-order valence-corrected chi connectivity index (χ2v) is 28.9. The van der Waals surface area contributed by atoms with E-state index < -0.39 is 222 Å². The molecule has 1 rings (SSSR count). The summed E-state index contributed by atoms with van der Waals surface area (Å²) in [6.07, 6.45) is 0. The van der Waals surface area contributed by atoms with Crippen LogP contribution in [-0.4, -0.2) is 138 Å². The number of rotatable bonds is 0. The summed E-state index contributed by atoms with van der Waals surface area (Å²) in [5, 5.41) is 0. The number of esters is 8. The SMILES string of the molecule is O=C1OCCOC(=O)C(=O)OCCOC(=O)C(=O)OCCOC(=O)C(=O)OCCOC1=O.[Cl][Sn][Cl].[Cl][Sn][Cl].[Cl][Zr][Cl].[Cl][Zr][Cl].[Cl][Zr][Cl].[Cl][Zr][Cl]. The molecule has 0 bridgehead atoms. The van der Waals surface area contributed by atoms with Gasteiger partial charge in [0.25, 0.3) is 0 Å². The summed E-state index contributed by atoms with van der Waals surface area (Å²) in [6.45, 7) is -4.94. The first-order valence-electron chi connectivity index (χ1n) is 10.8. The van der Waals surface area contributed by atoms with Crippen LogP contribution in [0.2, 0.25) is 0 Å². The number of carbonyl (C=O) groups is 8. The van der Waals surface area contributed by atoms with Gasteiger partial charge in [0.15, 0.2) is 0 Å². The third kappa shape index (κ3) is 59.1. The molecule has 0 N–H and O–H groups in total. The Morgan fingerprint density at radius 2 is 0.360 bits per heavy atom. The molecule has 0 unspecified atom stereocenters. The summed E-state index contributed by atoms with van der Waals surface area (Å²) in [7, 11) is 59.2. The third-order valence-corrected chi connectivity index (χ3v) is 2.87. The van der Waals surface area contributed by atoms with Crippen molar-refractivity contribution in [3.63, 3.8) is 0 Å². The molecule has 0 saturated carbocycles. The van der Waals surface area contributed by atoms with E-state index in [1.165, 1.54) is 0 Å². The van der Waals surface area contributed by atoms with E-state index in [2.05, 4.69) is 37.9 Å². The van der Waals surface area contributed by atoms with Crippen molar-refractivity contribution in [2.75, 3.05) is 52.9 Å². The summed E-state index contributed by atoms with van der Waals surface area (Å²) < 4.78 is 35.3. The fraction of sp³-hybridized carbons (Fsp3) is 0.500. The zero-order valence-electron chi connectivity index (χ0n) is 23.7. The first kappa shape index (κ1) is 66.2. The van der Waals surface area contributed by atoms with Crippen molar-refractivity contribution in [2.24, 2.45) is 0 Å². The van der Waals surface area contributed by atoms with Gasteiger partial charge in [-0.15, -0.1) is 0 Å². The van der Waals surface area contributed by atoms with Gasteiger partial charge in [0.1, 0.15) is 52.9 Å². The minimum atomic E-state index is -1.47. The molecule has 1 aliphatic heterocycles. The Hall–Kier alpha value is 4.37. The predicted molar refractivity (Wildman–Crippen MR) is 169 cm³/mol. The fourth-order valence-corrected chi connectivity index (χ4v) is 1.55. The second-order valence-electron chi connectivity index (χ2n) is 5.52. The Bertz CT molecular complexity index is 720. The predicted octanol–water partition coefficient (Wildman–Crippen LogP) is 3.85. The van der Waals surface area contributed by atoms with Crippen LogP contribution in [0.5, 0.6) is 0 Å². The Balaban J connectivity index is -0.000000224. The third-order valence-electron chi connectivity index (χ3n) is 2.87. The summed E-state index contributed by atoms with van der Waals surface area (Å²) in [4.78, 5) is 90.8. The molecular weight excluding hydrogens is 1480 g/mol. The zero-order chi connectivity index (χ0) is 40.2. The van der Waals surface area contributed by atoms with Gasteiger partial charge < -0.3 is 37.9 Å². The van der Waals surface area contributed by atoms with Gasteiger partial charge in [0, 0.05) is 0 Å². The van der Waals surface area contributed by atoms with Crippen molar-refractivity contribution in [3.8, 4) is 0 Å². The maximum absolute atomic E-state index is 11.3. The number of carbonyl (C=O) groups excluding carboxylic acids is 8. The van der Waals surface area contributed by atoms with E-state index in [0.717, 1.165) is 0 Å². The molecule has 284 valence electrons. The number of hydrogen-bond donors (Lipinski definition) is 0. The van der Waals surface area contributed by atoms with Crippen molar-refractivity contribution in [2.45, 2.75) is 0 Å². The van der Waals surface area contributed by atoms with E-state index >= 15 is 0 Å². The van der Waals surface area contributed by atoms with Crippen LogP contribution in [0, 0.1) is 0 Å². The Morgan fingerprint density at radius 1 is 0.300 bits per heavy atom. The second kappa shape index (κ2) is 57.7. The van der Waals surface area contributed by atoms with Crippen LogP contribution in [0.15, 0.2) is 0 Å². The molecule has 0 amide bonds.